The second-order valence-corrected chi connectivity index (χ2v) is 8.03. The molecule has 0 aromatic rings. The van der Waals surface area contributed by atoms with E-state index in [2.05, 4.69) is 12.2 Å². The third kappa shape index (κ3) is 4.45. The first-order valence-corrected chi connectivity index (χ1v) is 8.95. The Morgan fingerprint density at radius 3 is 2.63 bits per heavy atom. The molecule has 0 aromatic heterocycles. The van der Waals surface area contributed by atoms with Gasteiger partial charge in [0.25, 0.3) is 0 Å². The molecule has 1 saturated carbocycles. The van der Waals surface area contributed by atoms with Crippen LogP contribution in [-0.4, -0.2) is 44.0 Å². The molecule has 1 amide bonds. The zero-order chi connectivity index (χ0) is 14.0. The molecule has 1 saturated heterocycles. The summed E-state index contributed by atoms with van der Waals surface area (Å²) in [7, 11) is -3.14. The monoisotopic (exact) mass is 288 g/mol. The van der Waals surface area contributed by atoms with E-state index in [1.165, 1.54) is 23.4 Å². The second kappa shape index (κ2) is 5.79. The van der Waals surface area contributed by atoms with Gasteiger partial charge in [0, 0.05) is 25.6 Å². The van der Waals surface area contributed by atoms with Crippen molar-refractivity contribution in [3.05, 3.63) is 0 Å². The van der Waals surface area contributed by atoms with Crippen LogP contribution < -0.4 is 5.32 Å². The number of carbonyl (C=O) groups is 1. The van der Waals surface area contributed by atoms with Crippen LogP contribution in [0, 0.1) is 11.8 Å². The summed E-state index contributed by atoms with van der Waals surface area (Å²) in [4.78, 5) is 11.9. The van der Waals surface area contributed by atoms with Crippen molar-refractivity contribution in [3.8, 4) is 0 Å². The Balaban J connectivity index is 1.79. The highest BCUT2D eigenvalue weighted by molar-refractivity contribution is 7.88. The van der Waals surface area contributed by atoms with Crippen molar-refractivity contribution < 1.29 is 13.2 Å². The predicted octanol–water partition coefficient (Wildman–Crippen LogP) is 0.963. The van der Waals surface area contributed by atoms with Gasteiger partial charge in [-0.1, -0.05) is 6.92 Å². The van der Waals surface area contributed by atoms with E-state index < -0.39 is 10.0 Å². The Hall–Kier alpha value is -0.620. The van der Waals surface area contributed by atoms with E-state index in [0.717, 1.165) is 18.8 Å². The minimum atomic E-state index is -3.14. The average molecular weight is 288 g/mol. The molecule has 1 aliphatic carbocycles. The van der Waals surface area contributed by atoms with Crippen LogP contribution in [0.4, 0.5) is 0 Å². The second-order valence-electron chi connectivity index (χ2n) is 6.05. The van der Waals surface area contributed by atoms with Crippen LogP contribution in [0.1, 0.15) is 39.0 Å². The zero-order valence-electron chi connectivity index (χ0n) is 11.8. The molecule has 2 aliphatic rings. The van der Waals surface area contributed by atoms with Gasteiger partial charge in [-0.25, -0.2) is 12.7 Å². The van der Waals surface area contributed by atoms with Crippen molar-refractivity contribution in [1.82, 2.24) is 9.62 Å². The van der Waals surface area contributed by atoms with E-state index in [1.54, 1.807) is 0 Å². The van der Waals surface area contributed by atoms with E-state index >= 15 is 0 Å². The lowest BCUT2D eigenvalue weighted by atomic mass is 10.0. The first kappa shape index (κ1) is 14.8. The third-order valence-electron chi connectivity index (χ3n) is 4.15. The number of carbonyl (C=O) groups excluding carboxylic acids is 1. The van der Waals surface area contributed by atoms with Gasteiger partial charge < -0.3 is 5.32 Å². The molecule has 2 fully saturated rings. The van der Waals surface area contributed by atoms with Gasteiger partial charge in [-0.15, -0.1) is 0 Å². The summed E-state index contributed by atoms with van der Waals surface area (Å²) in [6.07, 6.45) is 5.98. The van der Waals surface area contributed by atoms with Gasteiger partial charge in [0.05, 0.1) is 6.26 Å². The minimum Gasteiger partial charge on any atom is -0.352 e. The minimum absolute atomic E-state index is 0.0256. The lowest BCUT2D eigenvalue weighted by Gasteiger charge is -2.31. The molecule has 0 unspecified atom stereocenters. The molecule has 19 heavy (non-hydrogen) atoms. The van der Waals surface area contributed by atoms with Crippen molar-refractivity contribution >= 4 is 15.9 Å². The molecule has 0 aromatic carbocycles. The van der Waals surface area contributed by atoms with Gasteiger partial charge in [-0.05, 0) is 37.5 Å². The fourth-order valence-electron chi connectivity index (χ4n) is 2.77. The Morgan fingerprint density at radius 2 is 2.05 bits per heavy atom. The average Bonchev–Trinajstić information content (AvgIpc) is 3.11. The third-order valence-corrected chi connectivity index (χ3v) is 5.42. The molecule has 5 nitrogen and oxygen atoms in total. The number of rotatable bonds is 5. The summed E-state index contributed by atoms with van der Waals surface area (Å²) in [5.41, 5.74) is 0. The Morgan fingerprint density at radius 1 is 1.37 bits per heavy atom. The van der Waals surface area contributed by atoms with Gasteiger partial charge in [0.1, 0.15) is 0 Å². The number of sulfonamides is 1. The van der Waals surface area contributed by atoms with Crippen molar-refractivity contribution in [1.29, 1.82) is 0 Å². The van der Waals surface area contributed by atoms with E-state index in [0.29, 0.717) is 25.4 Å². The molecule has 0 radical (unpaired) electrons. The largest absolute Gasteiger partial charge is 0.352 e. The first-order valence-electron chi connectivity index (χ1n) is 7.10. The van der Waals surface area contributed by atoms with Gasteiger partial charge in [0.15, 0.2) is 0 Å². The number of amides is 1. The fourth-order valence-corrected chi connectivity index (χ4v) is 3.68. The molecular weight excluding hydrogens is 264 g/mol. The lowest BCUT2D eigenvalue weighted by molar-refractivity contribution is -0.123. The highest BCUT2D eigenvalue weighted by Crippen LogP contribution is 2.38. The van der Waals surface area contributed by atoms with Crippen molar-refractivity contribution in [2.75, 3.05) is 19.3 Å². The summed E-state index contributed by atoms with van der Waals surface area (Å²) >= 11 is 0. The number of hydrogen-bond acceptors (Lipinski definition) is 3. The van der Waals surface area contributed by atoms with Gasteiger partial charge in [0.2, 0.25) is 15.9 Å². The number of nitrogens with one attached hydrogen (secondary N) is 1. The normalized spacial score (nSPS) is 26.9. The van der Waals surface area contributed by atoms with Crippen molar-refractivity contribution in [3.63, 3.8) is 0 Å². The summed E-state index contributed by atoms with van der Waals surface area (Å²) in [5.74, 6) is 1.25. The summed E-state index contributed by atoms with van der Waals surface area (Å²) in [5, 5.41) is 2.99. The quantitative estimate of drug-likeness (QED) is 0.819. The molecule has 1 N–H and O–H groups in total. The van der Waals surface area contributed by atoms with E-state index in [4.69, 9.17) is 0 Å². The van der Waals surface area contributed by atoms with Gasteiger partial charge in [-0.3, -0.25) is 4.79 Å². The lowest BCUT2D eigenvalue weighted by Crippen LogP contribution is -2.49. The topological polar surface area (TPSA) is 66.5 Å². The standard InChI is InChI=1S/C13H24N2O3S/c1-10(11-5-6-11)8-13(16)14-12-4-3-7-15(9-12)19(2,17)18/h10-12H,3-9H2,1-2H3,(H,14,16)/t10-,12+/m0/s1. The van der Waals surface area contributed by atoms with E-state index in [9.17, 15) is 13.2 Å². The van der Waals surface area contributed by atoms with E-state index in [1.807, 2.05) is 0 Å². The molecule has 0 bridgehead atoms. The van der Waals surface area contributed by atoms with Gasteiger partial charge >= 0.3 is 0 Å². The van der Waals surface area contributed by atoms with Crippen molar-refractivity contribution in [2.24, 2.45) is 11.8 Å². The predicted molar refractivity (Wildman–Crippen MR) is 74.1 cm³/mol. The SMILES string of the molecule is C[C@@H](CC(=O)N[C@@H]1CCCN(S(C)(=O)=O)C1)C1CC1. The maximum Gasteiger partial charge on any atom is 0.220 e. The molecule has 2 atom stereocenters. The highest BCUT2D eigenvalue weighted by Gasteiger charge is 2.31. The molecule has 2 rings (SSSR count). The first-order chi connectivity index (χ1) is 8.86. The molecule has 110 valence electrons. The fraction of sp³-hybridized carbons (Fsp3) is 0.923. The van der Waals surface area contributed by atoms with Crippen LogP contribution in [0.15, 0.2) is 0 Å². The molecule has 0 spiro atoms. The van der Waals surface area contributed by atoms with Crippen LogP contribution in [-0.2, 0) is 14.8 Å². The van der Waals surface area contributed by atoms with Crippen LogP contribution in [0.2, 0.25) is 0 Å². The number of nitrogens with zero attached hydrogens (tertiary/aromatic N) is 1. The van der Waals surface area contributed by atoms with Gasteiger partial charge in [-0.2, -0.15) is 0 Å². The number of piperidine rings is 1. The Labute approximate surface area is 115 Å². The molecule has 6 heteroatoms. The maximum atomic E-state index is 11.9. The molecule has 1 heterocycles. The van der Waals surface area contributed by atoms with Crippen molar-refractivity contribution in [2.45, 2.75) is 45.1 Å². The summed E-state index contributed by atoms with van der Waals surface area (Å²) in [6.45, 7) is 3.12. The molecule has 1 aliphatic heterocycles. The van der Waals surface area contributed by atoms with Crippen LogP contribution in [0.25, 0.3) is 0 Å². The summed E-state index contributed by atoms with van der Waals surface area (Å²) in [6, 6.07) is -0.0256. The van der Waals surface area contributed by atoms with Crippen LogP contribution in [0.5, 0.6) is 0 Å². The Bertz CT molecular complexity index is 431. The zero-order valence-corrected chi connectivity index (χ0v) is 12.6. The number of hydrogen-bond donors (Lipinski definition) is 1. The summed E-state index contributed by atoms with van der Waals surface area (Å²) < 4.78 is 24.5. The molecular formula is C13H24N2O3S. The Kier molecular flexibility index (Phi) is 4.50. The van der Waals surface area contributed by atoms with E-state index in [-0.39, 0.29) is 11.9 Å². The smallest absolute Gasteiger partial charge is 0.220 e. The van der Waals surface area contributed by atoms with Crippen LogP contribution >= 0.6 is 0 Å². The van der Waals surface area contributed by atoms with Crippen LogP contribution in [0.3, 0.4) is 0 Å². The highest BCUT2D eigenvalue weighted by atomic mass is 32.2. The maximum absolute atomic E-state index is 11.9.